The molecule has 5 aromatic rings. The molecule has 2 unspecified atom stereocenters. The van der Waals surface area contributed by atoms with E-state index in [-0.39, 0.29) is 22.8 Å². The second-order valence-corrected chi connectivity index (χ2v) is 12.4. The molecule has 0 aliphatic carbocycles. The quantitative estimate of drug-likeness (QED) is 0.163. The summed E-state index contributed by atoms with van der Waals surface area (Å²) in [7, 11) is 1.52. The number of aromatic amines is 1. The molecule has 6 rings (SSSR count). The number of H-pyrrole nitrogens is 1. The number of benzene rings is 3. The molecular formula is C36H33FN6O6. The molecule has 12 nitrogen and oxygen atoms in total. The number of pyridine rings is 1. The molecule has 3 heterocycles. The topological polar surface area (TPSA) is 147 Å². The first-order valence-electron chi connectivity index (χ1n) is 15.4. The van der Waals surface area contributed by atoms with E-state index in [1.54, 1.807) is 81.4 Å². The molecule has 3 aromatic carbocycles. The minimum atomic E-state index is -1.80. The molecule has 2 aromatic heterocycles. The standard InChI is InChI=1S/C36H33FN6O6/c1-36(2,3)49-35(47)30(32-25-9-5-6-10-26(25)40-41-32)31-33(45)42(20-29(44)39-22-12-14-24(48-4)15-13-22)27-16-11-21(37)18-28(27)43(34(31)46)23-8-7-17-38-19-23/h5-19,30-31H,20H2,1-4H3,(H,39,44)(H,40,41). The largest absolute Gasteiger partial charge is 0.497 e. The molecule has 13 heteroatoms. The summed E-state index contributed by atoms with van der Waals surface area (Å²) in [5.74, 6) is -6.72. The van der Waals surface area contributed by atoms with E-state index in [0.717, 1.165) is 21.9 Å². The van der Waals surface area contributed by atoms with E-state index in [1.165, 1.54) is 25.6 Å². The SMILES string of the molecule is COc1ccc(NC(=O)CN2C(=O)C(C(C(=O)OC(C)(C)C)c3[nH]nc4ccccc34)C(=O)N(c3cccnc3)c3cc(F)ccc32)cc1. The van der Waals surface area contributed by atoms with Crippen LogP contribution >= 0.6 is 0 Å². The molecule has 1 aliphatic rings. The van der Waals surface area contributed by atoms with Gasteiger partial charge in [0, 0.05) is 23.3 Å². The van der Waals surface area contributed by atoms with Crippen LogP contribution in [0.1, 0.15) is 32.4 Å². The highest BCUT2D eigenvalue weighted by molar-refractivity contribution is 6.23. The fraction of sp³-hybridized carbons (Fsp3) is 0.222. The predicted octanol–water partition coefficient (Wildman–Crippen LogP) is 5.50. The van der Waals surface area contributed by atoms with Gasteiger partial charge in [0.15, 0.2) is 0 Å². The van der Waals surface area contributed by atoms with E-state index in [1.807, 2.05) is 0 Å². The highest BCUT2D eigenvalue weighted by Gasteiger charge is 2.51. The van der Waals surface area contributed by atoms with Gasteiger partial charge in [0.1, 0.15) is 35.5 Å². The summed E-state index contributed by atoms with van der Waals surface area (Å²) >= 11 is 0. The van der Waals surface area contributed by atoms with E-state index in [9.17, 15) is 19.2 Å². The number of nitrogens with one attached hydrogen (secondary N) is 2. The van der Waals surface area contributed by atoms with Crippen LogP contribution in [0.15, 0.2) is 91.3 Å². The number of amides is 3. The van der Waals surface area contributed by atoms with Gasteiger partial charge in [-0.3, -0.25) is 34.2 Å². The first-order chi connectivity index (χ1) is 23.4. The van der Waals surface area contributed by atoms with Gasteiger partial charge in [-0.25, -0.2) is 4.39 Å². The van der Waals surface area contributed by atoms with Crippen molar-refractivity contribution in [3.63, 3.8) is 0 Å². The van der Waals surface area contributed by atoms with Gasteiger partial charge in [-0.1, -0.05) is 18.2 Å². The minimum absolute atomic E-state index is 0.0245. The van der Waals surface area contributed by atoms with Gasteiger partial charge in [0.05, 0.1) is 41.6 Å². The Hall–Kier alpha value is -6.11. The van der Waals surface area contributed by atoms with Crippen LogP contribution in [-0.4, -0.2) is 58.1 Å². The third kappa shape index (κ3) is 6.68. The Kier molecular flexibility index (Phi) is 8.83. The molecule has 250 valence electrons. The van der Waals surface area contributed by atoms with Crippen molar-refractivity contribution in [1.82, 2.24) is 15.2 Å². The molecule has 0 radical (unpaired) electrons. The molecule has 0 bridgehead atoms. The van der Waals surface area contributed by atoms with Crippen LogP contribution < -0.4 is 19.9 Å². The summed E-state index contributed by atoms with van der Waals surface area (Å²) in [6, 6.07) is 20.2. The summed E-state index contributed by atoms with van der Waals surface area (Å²) in [6.07, 6.45) is 2.88. The average molecular weight is 665 g/mol. The van der Waals surface area contributed by atoms with Crippen molar-refractivity contribution < 1.29 is 33.0 Å². The van der Waals surface area contributed by atoms with Gasteiger partial charge in [-0.15, -0.1) is 0 Å². The number of hydrogen-bond acceptors (Lipinski definition) is 8. The van der Waals surface area contributed by atoms with Crippen molar-refractivity contribution in [2.24, 2.45) is 5.92 Å². The van der Waals surface area contributed by atoms with Crippen molar-refractivity contribution in [2.45, 2.75) is 32.3 Å². The van der Waals surface area contributed by atoms with Crippen molar-refractivity contribution in [1.29, 1.82) is 0 Å². The number of rotatable bonds is 8. The number of hydrogen-bond donors (Lipinski definition) is 2. The maximum absolute atomic E-state index is 15.0. The Morgan fingerprint density at radius 1 is 0.980 bits per heavy atom. The summed E-state index contributed by atoms with van der Waals surface area (Å²) in [6.45, 7) is 4.42. The molecule has 2 atom stereocenters. The fourth-order valence-electron chi connectivity index (χ4n) is 5.78. The Balaban J connectivity index is 1.53. The van der Waals surface area contributed by atoms with E-state index >= 15 is 4.39 Å². The Morgan fingerprint density at radius 2 is 1.73 bits per heavy atom. The Labute approximate surface area is 280 Å². The maximum atomic E-state index is 15.0. The zero-order valence-electron chi connectivity index (χ0n) is 27.1. The fourth-order valence-corrected chi connectivity index (χ4v) is 5.78. The van der Waals surface area contributed by atoms with Crippen molar-refractivity contribution in [3.05, 3.63) is 103 Å². The van der Waals surface area contributed by atoms with Gasteiger partial charge < -0.3 is 19.7 Å². The molecule has 49 heavy (non-hydrogen) atoms. The molecule has 0 fully saturated rings. The molecule has 0 spiro atoms. The number of methoxy groups -OCH3 is 1. The van der Waals surface area contributed by atoms with Crippen LogP contribution in [-0.2, 0) is 23.9 Å². The third-order valence-corrected chi connectivity index (χ3v) is 7.86. The number of halogens is 1. The van der Waals surface area contributed by atoms with Crippen molar-refractivity contribution >= 4 is 57.3 Å². The molecular weight excluding hydrogens is 631 g/mol. The molecule has 1 aliphatic heterocycles. The number of para-hydroxylation sites is 1. The molecule has 0 saturated heterocycles. The number of esters is 1. The lowest BCUT2D eigenvalue weighted by atomic mass is 9.85. The third-order valence-electron chi connectivity index (χ3n) is 7.86. The normalized spacial score (nSPS) is 15.4. The van der Waals surface area contributed by atoms with E-state index < -0.39 is 53.5 Å². The van der Waals surface area contributed by atoms with Crippen LogP contribution in [0.3, 0.4) is 0 Å². The van der Waals surface area contributed by atoms with Crippen molar-refractivity contribution in [2.75, 3.05) is 28.8 Å². The monoisotopic (exact) mass is 664 g/mol. The summed E-state index contributed by atoms with van der Waals surface area (Å²) in [5.41, 5.74) is 0.325. The lowest BCUT2D eigenvalue weighted by Gasteiger charge is -2.30. The highest BCUT2D eigenvalue weighted by atomic mass is 19.1. The summed E-state index contributed by atoms with van der Waals surface area (Å²) in [4.78, 5) is 64.0. The maximum Gasteiger partial charge on any atom is 0.316 e. The van der Waals surface area contributed by atoms with Crippen LogP contribution in [0.5, 0.6) is 5.75 Å². The highest BCUT2D eigenvalue weighted by Crippen LogP contribution is 2.44. The first kappa shape index (κ1) is 32.8. The van der Waals surface area contributed by atoms with E-state index in [0.29, 0.717) is 22.3 Å². The number of fused-ring (bicyclic) bond motifs is 2. The first-order valence-corrected chi connectivity index (χ1v) is 15.4. The lowest BCUT2D eigenvalue weighted by Crippen LogP contribution is -2.48. The van der Waals surface area contributed by atoms with Crippen molar-refractivity contribution in [3.8, 4) is 5.75 Å². The van der Waals surface area contributed by atoms with Crippen LogP contribution in [0.4, 0.5) is 27.1 Å². The van der Waals surface area contributed by atoms with Gasteiger partial charge in [-0.2, -0.15) is 5.10 Å². The number of anilines is 4. The second-order valence-electron chi connectivity index (χ2n) is 12.4. The number of ether oxygens (including phenoxy) is 2. The zero-order chi connectivity index (χ0) is 34.9. The van der Waals surface area contributed by atoms with Crippen LogP contribution in [0.25, 0.3) is 10.9 Å². The smallest absolute Gasteiger partial charge is 0.316 e. The predicted molar refractivity (Wildman–Crippen MR) is 180 cm³/mol. The number of carbonyl (C=O) groups is 4. The van der Waals surface area contributed by atoms with E-state index in [4.69, 9.17) is 9.47 Å². The summed E-state index contributed by atoms with van der Waals surface area (Å²) in [5, 5.41) is 10.4. The molecule has 0 saturated carbocycles. The Bertz CT molecular complexity index is 2040. The number of nitrogens with zero attached hydrogens (tertiary/aromatic N) is 4. The van der Waals surface area contributed by atoms with Gasteiger partial charge >= 0.3 is 5.97 Å². The van der Waals surface area contributed by atoms with Gasteiger partial charge in [0.2, 0.25) is 17.7 Å². The van der Waals surface area contributed by atoms with Gasteiger partial charge in [0.25, 0.3) is 0 Å². The Morgan fingerprint density at radius 3 is 2.43 bits per heavy atom. The van der Waals surface area contributed by atoms with E-state index in [2.05, 4.69) is 20.5 Å². The molecule has 2 N–H and O–H groups in total. The minimum Gasteiger partial charge on any atom is -0.497 e. The lowest BCUT2D eigenvalue weighted by molar-refractivity contribution is -0.161. The van der Waals surface area contributed by atoms with Crippen LogP contribution in [0, 0.1) is 11.7 Å². The number of carbonyl (C=O) groups excluding carboxylic acids is 4. The van der Waals surface area contributed by atoms with Crippen LogP contribution in [0.2, 0.25) is 0 Å². The number of aromatic nitrogens is 3. The zero-order valence-corrected chi connectivity index (χ0v) is 27.1. The van der Waals surface area contributed by atoms with Gasteiger partial charge in [-0.05, 0) is 75.4 Å². The average Bonchev–Trinajstić information content (AvgIpc) is 3.46. The second kappa shape index (κ2) is 13.2. The molecule has 3 amide bonds. The summed E-state index contributed by atoms with van der Waals surface area (Å²) < 4.78 is 26.0.